The number of amides is 1. The van der Waals surface area contributed by atoms with Crippen molar-refractivity contribution in [1.82, 2.24) is 10.2 Å². The Labute approximate surface area is 254 Å². The lowest BCUT2D eigenvalue weighted by atomic mass is 9.80. The van der Waals surface area contributed by atoms with Crippen molar-refractivity contribution in [3.8, 4) is 11.5 Å². The molecule has 2 unspecified atom stereocenters. The minimum absolute atomic E-state index is 0.0708. The molecule has 1 heterocycles. The zero-order valence-electron chi connectivity index (χ0n) is 24.2. The number of piperidine rings is 1. The van der Waals surface area contributed by atoms with E-state index in [0.717, 1.165) is 61.1 Å². The van der Waals surface area contributed by atoms with Gasteiger partial charge in [-0.1, -0.05) is 59.6 Å². The Morgan fingerprint density at radius 2 is 1.76 bits per heavy atom. The molecule has 0 aromatic heterocycles. The second kappa shape index (κ2) is 13.5. The van der Waals surface area contributed by atoms with Crippen LogP contribution >= 0.6 is 23.2 Å². The van der Waals surface area contributed by atoms with Gasteiger partial charge in [0, 0.05) is 19.1 Å². The molecule has 5 nitrogen and oxygen atoms in total. The van der Waals surface area contributed by atoms with Crippen LogP contribution in [0.5, 0.6) is 11.5 Å². The maximum atomic E-state index is 14.1. The highest BCUT2D eigenvalue weighted by Gasteiger charge is 2.40. The number of benzene rings is 3. The van der Waals surface area contributed by atoms with Gasteiger partial charge in [-0.2, -0.15) is 0 Å². The second-order valence-corrected chi connectivity index (χ2v) is 12.2. The molecule has 5 rings (SSSR count). The van der Waals surface area contributed by atoms with Crippen molar-refractivity contribution in [2.75, 3.05) is 26.8 Å². The van der Waals surface area contributed by atoms with E-state index in [1.54, 1.807) is 7.11 Å². The molecule has 0 spiro atoms. The third-order valence-electron chi connectivity index (χ3n) is 8.43. The van der Waals surface area contributed by atoms with Crippen LogP contribution in [0.25, 0.3) is 0 Å². The van der Waals surface area contributed by atoms with Crippen LogP contribution in [0.2, 0.25) is 10.0 Å². The summed E-state index contributed by atoms with van der Waals surface area (Å²) < 4.78 is 11.4. The van der Waals surface area contributed by atoms with Crippen molar-refractivity contribution in [2.45, 2.75) is 64.5 Å². The number of rotatable bonds is 11. The average Bonchev–Trinajstić information content (AvgIpc) is 3.81. The Kier molecular flexibility index (Phi) is 9.79. The summed E-state index contributed by atoms with van der Waals surface area (Å²) >= 11 is 12.6. The normalized spacial score (nSPS) is 18.7. The van der Waals surface area contributed by atoms with Crippen LogP contribution in [0.1, 0.15) is 59.4 Å². The first-order valence-electron chi connectivity index (χ1n) is 14.7. The van der Waals surface area contributed by atoms with Crippen molar-refractivity contribution in [1.29, 1.82) is 0 Å². The van der Waals surface area contributed by atoms with Crippen molar-refractivity contribution in [3.63, 3.8) is 0 Å². The van der Waals surface area contributed by atoms with E-state index < -0.39 is 0 Å². The number of aryl methyl sites for hydroxylation is 2. The highest BCUT2D eigenvalue weighted by atomic mass is 35.5. The van der Waals surface area contributed by atoms with Crippen LogP contribution in [-0.4, -0.2) is 43.7 Å². The molecule has 1 N–H and O–H groups in total. The first kappa shape index (κ1) is 29.8. The van der Waals surface area contributed by atoms with Crippen molar-refractivity contribution in [3.05, 3.63) is 92.5 Å². The van der Waals surface area contributed by atoms with Crippen LogP contribution in [0.15, 0.2) is 54.6 Å². The summed E-state index contributed by atoms with van der Waals surface area (Å²) in [6.45, 7) is 6.85. The number of halogens is 2. The van der Waals surface area contributed by atoms with E-state index in [1.165, 1.54) is 11.1 Å². The Morgan fingerprint density at radius 1 is 1.02 bits per heavy atom. The van der Waals surface area contributed by atoms with Crippen molar-refractivity contribution < 1.29 is 14.3 Å². The minimum atomic E-state index is -0.0708. The molecule has 1 saturated heterocycles. The van der Waals surface area contributed by atoms with Gasteiger partial charge in [0.25, 0.3) is 0 Å². The SMILES string of the molecule is COc1cccc(CN(C(=O)C2CNCCC2c2ccc(CCCOc3c(Cl)cc(C)cc3Cl)cc2)C2CC2)c1C. The highest BCUT2D eigenvalue weighted by molar-refractivity contribution is 6.37. The van der Waals surface area contributed by atoms with Gasteiger partial charge in [-0.05, 0) is 104 Å². The molecule has 2 aliphatic rings. The zero-order chi connectivity index (χ0) is 28.9. The van der Waals surface area contributed by atoms with E-state index in [4.69, 9.17) is 32.7 Å². The van der Waals surface area contributed by atoms with E-state index in [0.29, 0.717) is 41.5 Å². The average molecular weight is 596 g/mol. The second-order valence-electron chi connectivity index (χ2n) is 11.4. The molecule has 1 aliphatic carbocycles. The molecular formula is C34H40Cl2N2O3. The monoisotopic (exact) mass is 594 g/mol. The van der Waals surface area contributed by atoms with Gasteiger partial charge in [0.1, 0.15) is 5.75 Å². The quantitative estimate of drug-likeness (QED) is 0.233. The molecule has 3 aromatic rings. The van der Waals surface area contributed by atoms with E-state index in [9.17, 15) is 4.79 Å². The van der Waals surface area contributed by atoms with Gasteiger partial charge >= 0.3 is 0 Å². The smallest absolute Gasteiger partial charge is 0.228 e. The summed E-state index contributed by atoms with van der Waals surface area (Å²) in [4.78, 5) is 16.2. The number of hydrogen-bond acceptors (Lipinski definition) is 4. The fourth-order valence-electron chi connectivity index (χ4n) is 5.95. The van der Waals surface area contributed by atoms with Crippen LogP contribution < -0.4 is 14.8 Å². The van der Waals surface area contributed by atoms with Gasteiger partial charge in [0.05, 0.1) is 29.7 Å². The molecule has 3 aromatic carbocycles. The largest absolute Gasteiger partial charge is 0.496 e. The molecule has 218 valence electrons. The Balaban J connectivity index is 1.22. The topological polar surface area (TPSA) is 50.8 Å². The lowest BCUT2D eigenvalue weighted by Gasteiger charge is -2.36. The maximum absolute atomic E-state index is 14.1. The molecule has 0 radical (unpaired) electrons. The molecule has 7 heteroatoms. The van der Waals surface area contributed by atoms with Gasteiger partial charge < -0.3 is 19.7 Å². The number of carbonyl (C=O) groups is 1. The summed E-state index contributed by atoms with van der Waals surface area (Å²) in [6.07, 6.45) is 4.87. The van der Waals surface area contributed by atoms with Gasteiger partial charge in [-0.15, -0.1) is 0 Å². The number of nitrogens with zero attached hydrogens (tertiary/aromatic N) is 1. The maximum Gasteiger partial charge on any atom is 0.228 e. The van der Waals surface area contributed by atoms with Gasteiger partial charge in [-0.3, -0.25) is 4.79 Å². The zero-order valence-corrected chi connectivity index (χ0v) is 25.7. The number of nitrogens with one attached hydrogen (secondary N) is 1. The lowest BCUT2D eigenvalue weighted by molar-refractivity contribution is -0.138. The number of carbonyl (C=O) groups excluding carboxylic acids is 1. The van der Waals surface area contributed by atoms with Crippen LogP contribution in [-0.2, 0) is 17.8 Å². The van der Waals surface area contributed by atoms with Crippen molar-refractivity contribution in [2.24, 2.45) is 5.92 Å². The summed E-state index contributed by atoms with van der Waals surface area (Å²) in [7, 11) is 1.70. The Morgan fingerprint density at radius 3 is 2.44 bits per heavy atom. The summed E-state index contributed by atoms with van der Waals surface area (Å²) in [6, 6.07) is 19.0. The summed E-state index contributed by atoms with van der Waals surface area (Å²) in [5.41, 5.74) is 5.78. The molecule has 1 saturated carbocycles. The van der Waals surface area contributed by atoms with Gasteiger partial charge in [-0.25, -0.2) is 0 Å². The van der Waals surface area contributed by atoms with Crippen molar-refractivity contribution >= 4 is 29.1 Å². The number of methoxy groups -OCH3 is 1. The first-order chi connectivity index (χ1) is 19.9. The predicted octanol–water partition coefficient (Wildman–Crippen LogP) is 7.51. The van der Waals surface area contributed by atoms with Crippen LogP contribution in [0, 0.1) is 19.8 Å². The van der Waals surface area contributed by atoms with E-state index in [-0.39, 0.29) is 17.7 Å². The molecule has 2 atom stereocenters. The Bertz CT molecular complexity index is 1330. The third-order valence-corrected chi connectivity index (χ3v) is 9.00. The first-order valence-corrected chi connectivity index (χ1v) is 15.4. The van der Waals surface area contributed by atoms with E-state index in [2.05, 4.69) is 47.5 Å². The van der Waals surface area contributed by atoms with E-state index >= 15 is 0 Å². The molecule has 41 heavy (non-hydrogen) atoms. The fraction of sp³-hybridized carbons (Fsp3) is 0.441. The predicted molar refractivity (Wildman–Crippen MR) is 166 cm³/mol. The summed E-state index contributed by atoms with van der Waals surface area (Å²) in [5.74, 6) is 1.83. The minimum Gasteiger partial charge on any atom is -0.496 e. The standard InChI is InChI=1S/C34H40Cl2N2O3/c1-22-18-30(35)33(31(36)19-22)41-17-5-6-24-9-11-25(12-10-24)28-15-16-37-20-29(28)34(39)38(27-13-14-27)21-26-7-4-8-32(40-3)23(26)2/h4,7-12,18-19,27-29,37H,5-6,13-17,20-21H2,1-3H3. The molecule has 1 amide bonds. The number of hydrogen-bond donors (Lipinski definition) is 1. The third kappa shape index (κ3) is 7.20. The molecular weight excluding hydrogens is 555 g/mol. The Hall–Kier alpha value is -2.73. The lowest BCUT2D eigenvalue weighted by Crippen LogP contribution is -2.47. The molecule has 0 bridgehead atoms. The van der Waals surface area contributed by atoms with Gasteiger partial charge in [0.15, 0.2) is 5.75 Å². The van der Waals surface area contributed by atoms with E-state index in [1.807, 2.05) is 31.2 Å². The number of ether oxygens (including phenoxy) is 2. The fourth-order valence-corrected chi connectivity index (χ4v) is 6.65. The van der Waals surface area contributed by atoms with Crippen LogP contribution in [0.3, 0.4) is 0 Å². The summed E-state index contributed by atoms with van der Waals surface area (Å²) in [5, 5.41) is 4.58. The van der Waals surface area contributed by atoms with Gasteiger partial charge in [0.2, 0.25) is 5.91 Å². The molecule has 2 fully saturated rings. The molecule has 1 aliphatic heterocycles. The highest BCUT2D eigenvalue weighted by Crippen LogP contribution is 2.37. The van der Waals surface area contributed by atoms with Crippen LogP contribution in [0.4, 0.5) is 0 Å².